The molecule has 0 unspecified atom stereocenters. The normalized spacial score (nSPS) is 10.2. The van der Waals surface area contributed by atoms with E-state index in [1.54, 1.807) is 12.3 Å². The van der Waals surface area contributed by atoms with Crippen LogP contribution in [0, 0.1) is 6.92 Å². The minimum atomic E-state index is -0.273. The van der Waals surface area contributed by atoms with Crippen LogP contribution in [0.1, 0.15) is 22.3 Å². The van der Waals surface area contributed by atoms with Crippen LogP contribution in [0.4, 0.5) is 16.6 Å². The molecule has 2 rings (SSSR count). The third-order valence-electron chi connectivity index (χ3n) is 2.36. The highest BCUT2D eigenvalue weighted by atomic mass is 32.1. The van der Waals surface area contributed by atoms with Crippen LogP contribution in [-0.4, -0.2) is 22.4 Å². The largest absolute Gasteiger partial charge is 0.382 e. The molecule has 19 heavy (non-hydrogen) atoms. The Hall–Kier alpha value is -2.15. The molecule has 0 aliphatic heterocycles. The van der Waals surface area contributed by atoms with Crippen molar-refractivity contribution < 1.29 is 4.79 Å². The van der Waals surface area contributed by atoms with Gasteiger partial charge in [0.25, 0.3) is 5.91 Å². The molecule has 0 aromatic carbocycles. The molecule has 0 saturated heterocycles. The third-order valence-corrected chi connectivity index (χ3v) is 3.38. The maximum atomic E-state index is 12.1. The molecule has 0 aliphatic carbocycles. The number of nitrogens with zero attached hydrogens (tertiary/aromatic N) is 2. The first-order valence-corrected chi connectivity index (χ1v) is 6.66. The number of aromatic nitrogens is 2. The molecule has 0 bridgehead atoms. The first kappa shape index (κ1) is 13.3. The Bertz CT molecular complexity index is 578. The van der Waals surface area contributed by atoms with Gasteiger partial charge in [-0.25, -0.2) is 4.98 Å². The second kappa shape index (κ2) is 5.66. The summed E-state index contributed by atoms with van der Waals surface area (Å²) in [5.74, 6) is -0.0386. The molecule has 2 aromatic heterocycles. The van der Waals surface area contributed by atoms with Crippen LogP contribution >= 0.6 is 11.3 Å². The lowest BCUT2D eigenvalue weighted by Crippen LogP contribution is -2.12. The van der Waals surface area contributed by atoms with E-state index in [4.69, 9.17) is 5.73 Å². The van der Waals surface area contributed by atoms with Gasteiger partial charge in [-0.2, -0.15) is 0 Å². The standard InChI is InChI=1S/C12H15N5OS/c1-3-14-12-17-10(13)9(19-12)11(18)16-8-5-4-7(2)15-6-8/h4-6H,3,13H2,1-2H3,(H,14,17)(H,16,18). The number of anilines is 3. The molecule has 100 valence electrons. The fourth-order valence-corrected chi connectivity index (χ4v) is 2.30. The van der Waals surface area contributed by atoms with Crippen molar-refractivity contribution in [1.29, 1.82) is 0 Å². The van der Waals surface area contributed by atoms with Crippen molar-refractivity contribution in [2.24, 2.45) is 0 Å². The molecule has 0 aliphatic rings. The number of thiazole rings is 1. The third kappa shape index (κ3) is 3.19. The van der Waals surface area contributed by atoms with E-state index in [0.717, 1.165) is 12.2 Å². The number of amides is 1. The molecule has 0 fully saturated rings. The Morgan fingerprint density at radius 1 is 1.47 bits per heavy atom. The fraction of sp³-hybridized carbons (Fsp3) is 0.250. The molecule has 2 heterocycles. The van der Waals surface area contributed by atoms with E-state index in [0.29, 0.717) is 15.7 Å². The van der Waals surface area contributed by atoms with Crippen molar-refractivity contribution in [2.45, 2.75) is 13.8 Å². The zero-order valence-electron chi connectivity index (χ0n) is 10.7. The van der Waals surface area contributed by atoms with Crippen molar-refractivity contribution in [1.82, 2.24) is 9.97 Å². The molecule has 4 N–H and O–H groups in total. The lowest BCUT2D eigenvalue weighted by molar-refractivity contribution is 0.103. The molecule has 1 amide bonds. The zero-order valence-corrected chi connectivity index (χ0v) is 11.5. The smallest absolute Gasteiger partial charge is 0.269 e. The van der Waals surface area contributed by atoms with Gasteiger partial charge >= 0.3 is 0 Å². The monoisotopic (exact) mass is 277 g/mol. The number of nitrogen functional groups attached to an aromatic ring is 1. The second-order valence-corrected chi connectivity index (χ2v) is 4.91. The SMILES string of the molecule is CCNc1nc(N)c(C(=O)Nc2ccc(C)nc2)s1. The summed E-state index contributed by atoms with van der Waals surface area (Å²) < 4.78 is 0. The van der Waals surface area contributed by atoms with Crippen LogP contribution in [0.5, 0.6) is 0 Å². The van der Waals surface area contributed by atoms with Crippen LogP contribution in [-0.2, 0) is 0 Å². The molecule has 2 aromatic rings. The van der Waals surface area contributed by atoms with Crippen molar-refractivity contribution in [3.8, 4) is 0 Å². The van der Waals surface area contributed by atoms with Gasteiger partial charge in [-0.05, 0) is 26.0 Å². The average molecular weight is 277 g/mol. The lowest BCUT2D eigenvalue weighted by atomic mass is 10.3. The first-order chi connectivity index (χ1) is 9.10. The quantitative estimate of drug-likeness (QED) is 0.796. The lowest BCUT2D eigenvalue weighted by Gasteiger charge is -2.03. The van der Waals surface area contributed by atoms with E-state index >= 15 is 0 Å². The summed E-state index contributed by atoms with van der Waals surface area (Å²) in [4.78, 5) is 20.7. The summed E-state index contributed by atoms with van der Waals surface area (Å²) in [5.41, 5.74) is 7.26. The molecule has 0 saturated carbocycles. The molecule has 0 radical (unpaired) electrons. The highest BCUT2D eigenvalue weighted by Gasteiger charge is 2.16. The predicted octanol–water partition coefficient (Wildman–Crippen LogP) is 2.11. The Balaban J connectivity index is 2.13. The first-order valence-electron chi connectivity index (χ1n) is 5.84. The van der Waals surface area contributed by atoms with E-state index in [2.05, 4.69) is 20.6 Å². The number of nitrogens with two attached hydrogens (primary N) is 1. The molecular weight excluding hydrogens is 262 g/mol. The van der Waals surface area contributed by atoms with E-state index in [1.165, 1.54) is 11.3 Å². The maximum absolute atomic E-state index is 12.1. The summed E-state index contributed by atoms with van der Waals surface area (Å²) in [6.07, 6.45) is 1.61. The number of pyridine rings is 1. The average Bonchev–Trinajstić information content (AvgIpc) is 2.74. The van der Waals surface area contributed by atoms with Gasteiger partial charge in [-0.15, -0.1) is 0 Å². The van der Waals surface area contributed by atoms with Crippen LogP contribution in [0.2, 0.25) is 0 Å². The van der Waals surface area contributed by atoms with Crippen LogP contribution in [0.25, 0.3) is 0 Å². The Kier molecular flexibility index (Phi) is 3.96. The van der Waals surface area contributed by atoms with Crippen molar-refractivity contribution in [3.63, 3.8) is 0 Å². The van der Waals surface area contributed by atoms with Gasteiger partial charge in [0, 0.05) is 12.2 Å². The van der Waals surface area contributed by atoms with E-state index in [-0.39, 0.29) is 11.7 Å². The molecule has 0 spiro atoms. The number of rotatable bonds is 4. The number of carbonyl (C=O) groups is 1. The minimum Gasteiger partial charge on any atom is -0.382 e. The van der Waals surface area contributed by atoms with Crippen LogP contribution in [0.3, 0.4) is 0 Å². The number of hydrogen-bond donors (Lipinski definition) is 3. The summed E-state index contributed by atoms with van der Waals surface area (Å²) >= 11 is 1.23. The Morgan fingerprint density at radius 2 is 2.26 bits per heavy atom. The number of carbonyl (C=O) groups excluding carboxylic acids is 1. The van der Waals surface area contributed by atoms with Gasteiger partial charge in [0.05, 0.1) is 11.9 Å². The minimum absolute atomic E-state index is 0.235. The number of nitrogens with one attached hydrogen (secondary N) is 2. The topological polar surface area (TPSA) is 92.9 Å². The van der Waals surface area contributed by atoms with Gasteiger partial charge in [0.2, 0.25) is 0 Å². The molecule has 6 nitrogen and oxygen atoms in total. The maximum Gasteiger partial charge on any atom is 0.269 e. The van der Waals surface area contributed by atoms with Gasteiger partial charge in [-0.3, -0.25) is 9.78 Å². The van der Waals surface area contributed by atoms with Gasteiger partial charge < -0.3 is 16.4 Å². The highest BCUT2D eigenvalue weighted by molar-refractivity contribution is 7.18. The van der Waals surface area contributed by atoms with Gasteiger partial charge in [0.1, 0.15) is 10.7 Å². The predicted molar refractivity (Wildman–Crippen MR) is 77.6 cm³/mol. The highest BCUT2D eigenvalue weighted by Crippen LogP contribution is 2.25. The van der Waals surface area contributed by atoms with E-state index in [1.807, 2.05) is 19.9 Å². The molecule has 7 heteroatoms. The number of hydrogen-bond acceptors (Lipinski definition) is 6. The Morgan fingerprint density at radius 3 is 2.89 bits per heavy atom. The summed E-state index contributed by atoms with van der Waals surface area (Å²) in [6.45, 7) is 4.57. The molecular formula is C12H15N5OS. The van der Waals surface area contributed by atoms with E-state index < -0.39 is 0 Å². The van der Waals surface area contributed by atoms with Crippen molar-refractivity contribution in [2.75, 3.05) is 22.9 Å². The summed E-state index contributed by atoms with van der Waals surface area (Å²) in [5, 5.41) is 6.42. The Labute approximate surface area is 115 Å². The van der Waals surface area contributed by atoms with Crippen LogP contribution in [0.15, 0.2) is 18.3 Å². The van der Waals surface area contributed by atoms with Crippen LogP contribution < -0.4 is 16.4 Å². The zero-order chi connectivity index (χ0) is 13.8. The summed E-state index contributed by atoms with van der Waals surface area (Å²) in [7, 11) is 0. The second-order valence-electron chi connectivity index (χ2n) is 3.91. The van der Waals surface area contributed by atoms with E-state index in [9.17, 15) is 4.79 Å². The van der Waals surface area contributed by atoms with Gasteiger partial charge in [0.15, 0.2) is 5.13 Å². The van der Waals surface area contributed by atoms with Gasteiger partial charge in [-0.1, -0.05) is 11.3 Å². The molecule has 0 atom stereocenters. The fourth-order valence-electron chi connectivity index (χ4n) is 1.45. The van der Waals surface area contributed by atoms with Crippen molar-refractivity contribution >= 4 is 33.9 Å². The number of aryl methyl sites for hydroxylation is 1. The van der Waals surface area contributed by atoms with Crippen molar-refractivity contribution in [3.05, 3.63) is 28.9 Å². The summed E-state index contributed by atoms with van der Waals surface area (Å²) in [6, 6.07) is 3.62.